The van der Waals surface area contributed by atoms with Crippen molar-refractivity contribution < 1.29 is 9.90 Å². The Morgan fingerprint density at radius 2 is 1.52 bits per heavy atom. The van der Waals surface area contributed by atoms with E-state index in [2.05, 4.69) is 12.2 Å². The molecule has 0 radical (unpaired) electrons. The minimum Gasteiger partial charge on any atom is -0.376 e. The van der Waals surface area contributed by atoms with Crippen molar-refractivity contribution in [3.05, 3.63) is 0 Å². The first-order valence-electron chi connectivity index (χ1n) is 9.63. The van der Waals surface area contributed by atoms with Crippen LogP contribution in [0.4, 0.5) is 0 Å². The Bertz CT molecular complexity index is 300. The molecule has 0 bridgehead atoms. The number of aliphatic hydroxyl groups is 1. The summed E-state index contributed by atoms with van der Waals surface area (Å²) in [7, 11) is 0. The van der Waals surface area contributed by atoms with Gasteiger partial charge in [-0.25, -0.2) is 0 Å². The Morgan fingerprint density at radius 3 is 1.96 bits per heavy atom. The SMILES string of the molecule is CCCCCCCCCCCC(=O)NC(CC)C(C)C(C)(N)O. The molecule has 4 nitrogen and oxygen atoms in total. The molecule has 0 saturated heterocycles. The van der Waals surface area contributed by atoms with Gasteiger partial charge in [0.2, 0.25) is 5.91 Å². The third-order valence-corrected chi connectivity index (χ3v) is 4.82. The fourth-order valence-corrected chi connectivity index (χ4v) is 2.86. The summed E-state index contributed by atoms with van der Waals surface area (Å²) in [5, 5.41) is 12.9. The van der Waals surface area contributed by atoms with Gasteiger partial charge in [0.05, 0.1) is 0 Å². The van der Waals surface area contributed by atoms with Crippen LogP contribution in [0.15, 0.2) is 0 Å². The summed E-state index contributed by atoms with van der Waals surface area (Å²) in [4.78, 5) is 12.0. The first-order valence-corrected chi connectivity index (χ1v) is 9.63. The molecular formula is C19H40N2O2. The smallest absolute Gasteiger partial charge is 0.220 e. The zero-order valence-electron chi connectivity index (χ0n) is 15.9. The number of carbonyl (C=O) groups is 1. The van der Waals surface area contributed by atoms with Gasteiger partial charge in [-0.2, -0.15) is 0 Å². The molecule has 0 aromatic heterocycles. The summed E-state index contributed by atoms with van der Waals surface area (Å²) < 4.78 is 0. The number of carbonyl (C=O) groups excluding carboxylic acids is 1. The zero-order chi connectivity index (χ0) is 17.7. The fourth-order valence-electron chi connectivity index (χ4n) is 2.86. The highest BCUT2D eigenvalue weighted by molar-refractivity contribution is 5.76. The van der Waals surface area contributed by atoms with E-state index in [-0.39, 0.29) is 17.9 Å². The highest BCUT2D eigenvalue weighted by atomic mass is 16.3. The summed E-state index contributed by atoms with van der Waals surface area (Å²) in [6.07, 6.45) is 12.6. The number of nitrogens with two attached hydrogens (primary N) is 1. The van der Waals surface area contributed by atoms with Crippen molar-refractivity contribution in [2.75, 3.05) is 0 Å². The molecule has 0 aliphatic heterocycles. The van der Waals surface area contributed by atoms with Crippen LogP contribution in [0.3, 0.4) is 0 Å². The first-order chi connectivity index (χ1) is 10.8. The topological polar surface area (TPSA) is 75.4 Å². The summed E-state index contributed by atoms with van der Waals surface area (Å²) >= 11 is 0. The Labute approximate surface area is 143 Å². The second-order valence-electron chi connectivity index (χ2n) is 7.18. The normalized spacial score (nSPS) is 16.6. The minimum atomic E-state index is -1.26. The van der Waals surface area contributed by atoms with Gasteiger partial charge in [-0.15, -0.1) is 0 Å². The molecule has 0 fully saturated rings. The van der Waals surface area contributed by atoms with Crippen molar-refractivity contribution in [1.82, 2.24) is 5.32 Å². The number of hydrogen-bond donors (Lipinski definition) is 3. The molecule has 0 heterocycles. The highest BCUT2D eigenvalue weighted by Crippen LogP contribution is 2.17. The van der Waals surface area contributed by atoms with E-state index in [1.54, 1.807) is 6.92 Å². The predicted octanol–water partition coefficient (Wildman–Crippen LogP) is 4.11. The average Bonchev–Trinajstić information content (AvgIpc) is 2.49. The van der Waals surface area contributed by atoms with Crippen LogP contribution in [-0.4, -0.2) is 22.8 Å². The maximum atomic E-state index is 12.0. The molecule has 4 N–H and O–H groups in total. The molecular weight excluding hydrogens is 288 g/mol. The van der Waals surface area contributed by atoms with Crippen LogP contribution >= 0.6 is 0 Å². The molecule has 3 unspecified atom stereocenters. The van der Waals surface area contributed by atoms with Gasteiger partial charge in [0.1, 0.15) is 5.72 Å². The Morgan fingerprint density at radius 1 is 1.04 bits per heavy atom. The van der Waals surface area contributed by atoms with Crippen molar-refractivity contribution in [2.45, 2.75) is 110 Å². The molecule has 138 valence electrons. The van der Waals surface area contributed by atoms with Crippen molar-refractivity contribution in [2.24, 2.45) is 11.7 Å². The zero-order valence-corrected chi connectivity index (χ0v) is 15.9. The molecule has 0 aliphatic carbocycles. The fraction of sp³-hybridized carbons (Fsp3) is 0.947. The van der Waals surface area contributed by atoms with Gasteiger partial charge in [0, 0.05) is 18.4 Å². The van der Waals surface area contributed by atoms with Gasteiger partial charge in [0.25, 0.3) is 0 Å². The molecule has 0 aromatic carbocycles. The van der Waals surface area contributed by atoms with E-state index >= 15 is 0 Å². The molecule has 4 heteroatoms. The number of nitrogens with one attached hydrogen (secondary N) is 1. The van der Waals surface area contributed by atoms with Crippen LogP contribution in [0.2, 0.25) is 0 Å². The molecule has 0 rings (SSSR count). The molecule has 3 atom stereocenters. The van der Waals surface area contributed by atoms with Crippen LogP contribution < -0.4 is 11.1 Å². The lowest BCUT2D eigenvalue weighted by Gasteiger charge is -2.33. The Hall–Kier alpha value is -0.610. The van der Waals surface area contributed by atoms with E-state index in [0.717, 1.165) is 19.3 Å². The van der Waals surface area contributed by atoms with Crippen LogP contribution in [0.1, 0.15) is 98.3 Å². The van der Waals surface area contributed by atoms with E-state index in [1.165, 1.54) is 44.9 Å². The second-order valence-corrected chi connectivity index (χ2v) is 7.18. The standard InChI is InChI=1S/C19H40N2O2/c1-5-7-8-9-10-11-12-13-14-15-18(22)21-17(6-2)16(3)19(4,20)23/h16-17,23H,5-15,20H2,1-4H3,(H,21,22). The van der Waals surface area contributed by atoms with Crippen LogP contribution in [0.25, 0.3) is 0 Å². The lowest BCUT2D eigenvalue weighted by atomic mass is 9.90. The first kappa shape index (κ1) is 22.4. The third kappa shape index (κ3) is 11.5. The van der Waals surface area contributed by atoms with Gasteiger partial charge in [-0.05, 0) is 19.8 Å². The minimum absolute atomic E-state index is 0.0685. The van der Waals surface area contributed by atoms with Crippen LogP contribution in [-0.2, 0) is 4.79 Å². The van der Waals surface area contributed by atoms with E-state index in [4.69, 9.17) is 5.73 Å². The van der Waals surface area contributed by atoms with Gasteiger partial charge >= 0.3 is 0 Å². The third-order valence-electron chi connectivity index (χ3n) is 4.82. The van der Waals surface area contributed by atoms with E-state index in [0.29, 0.717) is 6.42 Å². The van der Waals surface area contributed by atoms with Crippen molar-refractivity contribution in [1.29, 1.82) is 0 Å². The molecule has 23 heavy (non-hydrogen) atoms. The Balaban J connectivity index is 3.73. The number of rotatable bonds is 14. The van der Waals surface area contributed by atoms with Gasteiger partial charge < -0.3 is 16.2 Å². The summed E-state index contributed by atoms with van der Waals surface area (Å²) in [5.74, 6) is -0.0875. The summed E-state index contributed by atoms with van der Waals surface area (Å²) in [6.45, 7) is 7.72. The maximum absolute atomic E-state index is 12.0. The monoisotopic (exact) mass is 328 g/mol. The van der Waals surface area contributed by atoms with Gasteiger partial charge in [0.15, 0.2) is 0 Å². The lowest BCUT2D eigenvalue weighted by molar-refractivity contribution is -0.123. The highest BCUT2D eigenvalue weighted by Gasteiger charge is 2.30. The lowest BCUT2D eigenvalue weighted by Crippen LogP contribution is -2.53. The quantitative estimate of drug-likeness (QED) is 0.332. The van der Waals surface area contributed by atoms with E-state index in [9.17, 15) is 9.90 Å². The van der Waals surface area contributed by atoms with Crippen molar-refractivity contribution in [3.63, 3.8) is 0 Å². The summed E-state index contributed by atoms with van der Waals surface area (Å²) in [6, 6.07) is -0.0685. The number of amides is 1. The molecule has 0 aliphatic rings. The van der Waals surface area contributed by atoms with Gasteiger partial charge in [-0.1, -0.05) is 72.1 Å². The maximum Gasteiger partial charge on any atom is 0.220 e. The molecule has 0 spiro atoms. The summed E-state index contributed by atoms with van der Waals surface area (Å²) in [5.41, 5.74) is 4.48. The van der Waals surface area contributed by atoms with Crippen molar-refractivity contribution in [3.8, 4) is 0 Å². The van der Waals surface area contributed by atoms with Crippen LogP contribution in [0.5, 0.6) is 0 Å². The second kappa shape index (κ2) is 12.8. The number of unbranched alkanes of at least 4 members (excludes halogenated alkanes) is 8. The van der Waals surface area contributed by atoms with Gasteiger partial charge in [-0.3, -0.25) is 4.79 Å². The Kier molecular flexibility index (Phi) is 12.4. The van der Waals surface area contributed by atoms with Crippen LogP contribution in [0, 0.1) is 5.92 Å². The number of hydrogen-bond acceptors (Lipinski definition) is 3. The largest absolute Gasteiger partial charge is 0.376 e. The van der Waals surface area contributed by atoms with E-state index in [1.807, 2.05) is 13.8 Å². The molecule has 0 aromatic rings. The van der Waals surface area contributed by atoms with Crippen molar-refractivity contribution >= 4 is 5.91 Å². The van der Waals surface area contributed by atoms with E-state index < -0.39 is 5.72 Å². The predicted molar refractivity (Wildman–Crippen MR) is 98.0 cm³/mol. The molecule has 0 saturated carbocycles. The average molecular weight is 329 g/mol. The molecule has 1 amide bonds.